The number of ether oxygens (including phenoxy) is 1. The number of anilines is 2. The average molecular weight is 302 g/mol. The summed E-state index contributed by atoms with van der Waals surface area (Å²) in [5.41, 5.74) is 3.33. The van der Waals surface area contributed by atoms with Crippen LogP contribution >= 0.6 is 0 Å². The minimum absolute atomic E-state index is 0.456. The van der Waals surface area contributed by atoms with Crippen molar-refractivity contribution >= 4 is 17.5 Å². The van der Waals surface area contributed by atoms with Gasteiger partial charge < -0.3 is 10.1 Å². The molecule has 0 fully saturated rings. The van der Waals surface area contributed by atoms with E-state index in [4.69, 9.17) is 4.74 Å². The number of nitrogens with zero attached hydrogens (tertiary/aromatic N) is 1. The molecule has 1 aromatic heterocycles. The van der Waals surface area contributed by atoms with Gasteiger partial charge in [-0.2, -0.15) is 5.10 Å². The zero-order chi connectivity index (χ0) is 16.2. The zero-order valence-corrected chi connectivity index (χ0v) is 13.4. The molecule has 0 aliphatic rings. The molecule has 0 aliphatic heterocycles. The van der Waals surface area contributed by atoms with Crippen molar-refractivity contribution in [2.75, 3.05) is 10.6 Å². The molecule has 0 saturated carbocycles. The predicted octanol–water partition coefficient (Wildman–Crippen LogP) is 3.68. The van der Waals surface area contributed by atoms with Gasteiger partial charge in [0, 0.05) is 29.2 Å². The quantitative estimate of drug-likeness (QED) is 0.805. The lowest BCUT2D eigenvalue weighted by molar-refractivity contribution is 0.0636. The van der Waals surface area contributed by atoms with E-state index in [1.807, 2.05) is 52.0 Å². The van der Waals surface area contributed by atoms with Crippen LogP contribution in [0.4, 0.5) is 16.2 Å². The SMILES string of the molecule is Cc1[nH]ncc1CNc1ccc(NC(=O)OC(C)(C)C)cc1. The number of aromatic nitrogens is 2. The van der Waals surface area contributed by atoms with Crippen LogP contribution in [0.25, 0.3) is 0 Å². The Morgan fingerprint density at radius 1 is 1.23 bits per heavy atom. The van der Waals surface area contributed by atoms with E-state index in [1.54, 1.807) is 6.20 Å². The highest BCUT2D eigenvalue weighted by Crippen LogP contribution is 2.16. The number of benzene rings is 1. The van der Waals surface area contributed by atoms with Crippen molar-refractivity contribution in [3.05, 3.63) is 41.7 Å². The van der Waals surface area contributed by atoms with Crippen LogP contribution < -0.4 is 10.6 Å². The fraction of sp³-hybridized carbons (Fsp3) is 0.375. The third-order valence-electron chi connectivity index (χ3n) is 2.95. The number of amides is 1. The second-order valence-corrected chi connectivity index (χ2v) is 6.08. The molecule has 0 aliphatic carbocycles. The number of carbonyl (C=O) groups is 1. The summed E-state index contributed by atoms with van der Waals surface area (Å²) >= 11 is 0. The van der Waals surface area contributed by atoms with Gasteiger partial charge in [-0.3, -0.25) is 10.4 Å². The Morgan fingerprint density at radius 2 is 1.86 bits per heavy atom. The third kappa shape index (κ3) is 4.80. The van der Waals surface area contributed by atoms with Gasteiger partial charge in [0.1, 0.15) is 5.60 Å². The van der Waals surface area contributed by atoms with E-state index in [9.17, 15) is 4.79 Å². The molecular formula is C16H22N4O2. The number of hydrogen-bond acceptors (Lipinski definition) is 4. The van der Waals surface area contributed by atoms with Crippen LogP contribution in [0.1, 0.15) is 32.0 Å². The van der Waals surface area contributed by atoms with Gasteiger partial charge in [0.05, 0.1) is 6.20 Å². The predicted molar refractivity (Wildman–Crippen MR) is 87.0 cm³/mol. The number of aryl methyl sites for hydroxylation is 1. The van der Waals surface area contributed by atoms with Crippen molar-refractivity contribution < 1.29 is 9.53 Å². The number of hydrogen-bond donors (Lipinski definition) is 3. The average Bonchev–Trinajstić information content (AvgIpc) is 2.81. The Hall–Kier alpha value is -2.50. The van der Waals surface area contributed by atoms with E-state index < -0.39 is 11.7 Å². The summed E-state index contributed by atoms with van der Waals surface area (Å²) < 4.78 is 5.21. The summed E-state index contributed by atoms with van der Waals surface area (Å²) in [5.74, 6) is 0. The van der Waals surface area contributed by atoms with Crippen molar-refractivity contribution in [1.29, 1.82) is 0 Å². The van der Waals surface area contributed by atoms with Crippen molar-refractivity contribution in [3.63, 3.8) is 0 Å². The van der Waals surface area contributed by atoms with E-state index in [0.29, 0.717) is 12.2 Å². The maximum absolute atomic E-state index is 11.7. The number of H-pyrrole nitrogens is 1. The molecule has 1 aromatic carbocycles. The summed E-state index contributed by atoms with van der Waals surface area (Å²) in [6, 6.07) is 7.47. The minimum atomic E-state index is -0.506. The van der Waals surface area contributed by atoms with Crippen LogP contribution in [0.5, 0.6) is 0 Å². The molecule has 6 heteroatoms. The molecule has 0 spiro atoms. The summed E-state index contributed by atoms with van der Waals surface area (Å²) in [5, 5.41) is 12.9. The standard InChI is InChI=1S/C16H22N4O2/c1-11-12(10-18-20-11)9-17-13-5-7-14(8-6-13)19-15(21)22-16(2,3)4/h5-8,10,17H,9H2,1-4H3,(H,18,20)(H,19,21). The molecule has 2 rings (SSSR count). The lowest BCUT2D eigenvalue weighted by atomic mass is 10.2. The van der Waals surface area contributed by atoms with Crippen molar-refractivity contribution in [2.24, 2.45) is 0 Å². The van der Waals surface area contributed by atoms with Crippen LogP contribution in [0.15, 0.2) is 30.5 Å². The van der Waals surface area contributed by atoms with Gasteiger partial charge in [-0.15, -0.1) is 0 Å². The highest BCUT2D eigenvalue weighted by atomic mass is 16.6. The third-order valence-corrected chi connectivity index (χ3v) is 2.95. The smallest absolute Gasteiger partial charge is 0.412 e. The molecule has 0 saturated heterocycles. The molecule has 0 radical (unpaired) electrons. The van der Waals surface area contributed by atoms with E-state index in [1.165, 1.54) is 0 Å². The van der Waals surface area contributed by atoms with Crippen LogP contribution in [0.2, 0.25) is 0 Å². The Labute approximate surface area is 130 Å². The fourth-order valence-corrected chi connectivity index (χ4v) is 1.84. The van der Waals surface area contributed by atoms with Gasteiger partial charge in [-0.05, 0) is 52.0 Å². The van der Waals surface area contributed by atoms with Crippen molar-refractivity contribution in [2.45, 2.75) is 39.8 Å². The highest BCUT2D eigenvalue weighted by Gasteiger charge is 2.16. The van der Waals surface area contributed by atoms with Gasteiger partial charge in [0.25, 0.3) is 0 Å². The van der Waals surface area contributed by atoms with E-state index in [2.05, 4.69) is 20.8 Å². The monoisotopic (exact) mass is 302 g/mol. The van der Waals surface area contributed by atoms with Crippen LogP contribution in [-0.4, -0.2) is 21.9 Å². The maximum Gasteiger partial charge on any atom is 0.412 e. The van der Waals surface area contributed by atoms with Crippen LogP contribution in [0, 0.1) is 6.92 Å². The van der Waals surface area contributed by atoms with Gasteiger partial charge >= 0.3 is 6.09 Å². The van der Waals surface area contributed by atoms with Gasteiger partial charge in [-0.1, -0.05) is 0 Å². The number of rotatable bonds is 4. The normalized spacial score (nSPS) is 11.1. The molecule has 22 heavy (non-hydrogen) atoms. The molecule has 118 valence electrons. The number of carbonyl (C=O) groups excluding carboxylic acids is 1. The highest BCUT2D eigenvalue weighted by molar-refractivity contribution is 5.85. The largest absolute Gasteiger partial charge is 0.444 e. The molecule has 3 N–H and O–H groups in total. The Bertz CT molecular complexity index is 626. The first kappa shape index (κ1) is 15.9. The summed E-state index contributed by atoms with van der Waals surface area (Å²) in [4.78, 5) is 11.7. The Kier molecular flexibility index (Phi) is 4.70. The molecule has 1 heterocycles. The first-order valence-corrected chi connectivity index (χ1v) is 7.16. The molecule has 0 bridgehead atoms. The molecule has 1 amide bonds. The van der Waals surface area contributed by atoms with E-state index >= 15 is 0 Å². The second kappa shape index (κ2) is 6.51. The van der Waals surface area contributed by atoms with Crippen LogP contribution in [0.3, 0.4) is 0 Å². The van der Waals surface area contributed by atoms with E-state index in [-0.39, 0.29) is 0 Å². The number of nitrogens with one attached hydrogen (secondary N) is 3. The molecule has 2 aromatic rings. The van der Waals surface area contributed by atoms with Gasteiger partial charge in [0.2, 0.25) is 0 Å². The lowest BCUT2D eigenvalue weighted by Gasteiger charge is -2.19. The van der Waals surface area contributed by atoms with Crippen molar-refractivity contribution in [1.82, 2.24) is 10.2 Å². The molecular weight excluding hydrogens is 280 g/mol. The molecule has 0 unspecified atom stereocenters. The fourth-order valence-electron chi connectivity index (χ4n) is 1.84. The summed E-state index contributed by atoms with van der Waals surface area (Å²) in [7, 11) is 0. The maximum atomic E-state index is 11.7. The molecule has 6 nitrogen and oxygen atoms in total. The number of aromatic amines is 1. The summed E-state index contributed by atoms with van der Waals surface area (Å²) in [6.07, 6.45) is 1.35. The Balaban J connectivity index is 1.87. The van der Waals surface area contributed by atoms with Gasteiger partial charge in [-0.25, -0.2) is 4.79 Å². The topological polar surface area (TPSA) is 79.0 Å². The van der Waals surface area contributed by atoms with E-state index in [0.717, 1.165) is 16.9 Å². The lowest BCUT2D eigenvalue weighted by Crippen LogP contribution is -2.27. The second-order valence-electron chi connectivity index (χ2n) is 6.08. The zero-order valence-electron chi connectivity index (χ0n) is 13.4. The Morgan fingerprint density at radius 3 is 2.41 bits per heavy atom. The first-order chi connectivity index (χ1) is 10.3. The molecule has 0 atom stereocenters. The van der Waals surface area contributed by atoms with Gasteiger partial charge in [0.15, 0.2) is 0 Å². The first-order valence-electron chi connectivity index (χ1n) is 7.16. The summed E-state index contributed by atoms with van der Waals surface area (Å²) in [6.45, 7) is 8.17. The van der Waals surface area contributed by atoms with Crippen molar-refractivity contribution in [3.8, 4) is 0 Å². The minimum Gasteiger partial charge on any atom is -0.444 e. The van der Waals surface area contributed by atoms with Crippen LogP contribution in [-0.2, 0) is 11.3 Å².